The molecule has 0 fully saturated rings. The monoisotopic (exact) mass is 242 g/mol. The first-order chi connectivity index (χ1) is 8.72. The molecule has 1 aliphatic rings. The number of nitrogen functional groups attached to an aromatic ring is 1. The van der Waals surface area contributed by atoms with Crippen molar-refractivity contribution >= 4 is 5.69 Å². The molecule has 1 atom stereocenters. The van der Waals surface area contributed by atoms with Crippen LogP contribution >= 0.6 is 0 Å². The predicted octanol–water partition coefficient (Wildman–Crippen LogP) is 1.87. The Morgan fingerprint density at radius 2 is 2.17 bits per heavy atom. The highest BCUT2D eigenvalue weighted by atomic mass is 15.3. The Hall–Kier alpha value is -1.81. The molecule has 2 N–H and O–H groups in total. The van der Waals surface area contributed by atoms with Crippen molar-refractivity contribution in [2.24, 2.45) is 0 Å². The highest BCUT2D eigenvalue weighted by Gasteiger charge is 2.23. The molecule has 1 unspecified atom stereocenters. The Kier molecular flexibility index (Phi) is 2.80. The number of hydrogen-bond acceptors (Lipinski definition) is 3. The van der Waals surface area contributed by atoms with Crippen molar-refractivity contribution in [1.29, 1.82) is 0 Å². The zero-order chi connectivity index (χ0) is 12.5. The summed E-state index contributed by atoms with van der Waals surface area (Å²) in [5.41, 5.74) is 9.45. The smallest absolute Gasteiger partial charge is 0.0562 e. The summed E-state index contributed by atoms with van der Waals surface area (Å²) in [5.74, 6) is 0. The second kappa shape index (κ2) is 4.46. The van der Waals surface area contributed by atoms with Crippen LogP contribution in [0.4, 0.5) is 5.69 Å². The van der Waals surface area contributed by atoms with E-state index in [0.717, 1.165) is 25.3 Å². The van der Waals surface area contributed by atoms with E-state index in [9.17, 15) is 0 Å². The molecule has 0 radical (unpaired) electrons. The Morgan fingerprint density at radius 1 is 1.33 bits per heavy atom. The van der Waals surface area contributed by atoms with Crippen molar-refractivity contribution in [2.45, 2.75) is 32.6 Å². The molecule has 0 spiro atoms. The molecule has 1 aliphatic heterocycles. The van der Waals surface area contributed by atoms with Gasteiger partial charge >= 0.3 is 0 Å². The summed E-state index contributed by atoms with van der Waals surface area (Å²) in [4.78, 5) is 2.46. The van der Waals surface area contributed by atoms with Crippen LogP contribution in [0.25, 0.3) is 0 Å². The number of nitrogens with zero attached hydrogens (tertiary/aromatic N) is 3. The van der Waals surface area contributed by atoms with Crippen LogP contribution in [0.1, 0.15) is 18.1 Å². The van der Waals surface area contributed by atoms with Crippen LogP contribution in [0, 0.1) is 0 Å². The number of nitrogens with two attached hydrogens (primary N) is 1. The van der Waals surface area contributed by atoms with Crippen molar-refractivity contribution in [1.82, 2.24) is 14.7 Å². The van der Waals surface area contributed by atoms with Gasteiger partial charge < -0.3 is 5.73 Å². The SMILES string of the molecule is CC(Cn1cccn1)N1Cc2ccc(N)cc2C1. The number of fused-ring (bicyclic) bond motifs is 1. The quantitative estimate of drug-likeness (QED) is 0.836. The highest BCUT2D eigenvalue weighted by Crippen LogP contribution is 2.26. The van der Waals surface area contributed by atoms with Gasteiger partial charge in [0.2, 0.25) is 0 Å². The maximum atomic E-state index is 5.83. The maximum absolute atomic E-state index is 5.83. The number of rotatable bonds is 3. The molecule has 0 amide bonds. The number of aromatic nitrogens is 2. The van der Waals surface area contributed by atoms with Crippen molar-refractivity contribution in [3.05, 3.63) is 47.8 Å². The summed E-state index contributed by atoms with van der Waals surface area (Å²) < 4.78 is 1.99. The van der Waals surface area contributed by atoms with E-state index in [1.807, 2.05) is 29.2 Å². The topological polar surface area (TPSA) is 47.1 Å². The first kappa shape index (κ1) is 11.3. The number of anilines is 1. The zero-order valence-corrected chi connectivity index (χ0v) is 10.6. The first-order valence-electron chi connectivity index (χ1n) is 6.31. The van der Waals surface area contributed by atoms with Gasteiger partial charge in [-0.05, 0) is 36.2 Å². The molecule has 0 bridgehead atoms. The van der Waals surface area contributed by atoms with Crippen LogP contribution < -0.4 is 5.73 Å². The molecule has 4 heteroatoms. The van der Waals surface area contributed by atoms with E-state index in [-0.39, 0.29) is 0 Å². The fraction of sp³-hybridized carbons (Fsp3) is 0.357. The minimum Gasteiger partial charge on any atom is -0.399 e. The Morgan fingerprint density at radius 3 is 2.94 bits per heavy atom. The maximum Gasteiger partial charge on any atom is 0.0562 e. The lowest BCUT2D eigenvalue weighted by Crippen LogP contribution is -2.31. The molecule has 0 saturated heterocycles. The fourth-order valence-electron chi connectivity index (χ4n) is 2.55. The van der Waals surface area contributed by atoms with Gasteiger partial charge in [0.25, 0.3) is 0 Å². The predicted molar refractivity (Wildman–Crippen MR) is 71.8 cm³/mol. The minimum atomic E-state index is 0.471. The Labute approximate surface area is 107 Å². The van der Waals surface area contributed by atoms with E-state index in [0.29, 0.717) is 6.04 Å². The van der Waals surface area contributed by atoms with Gasteiger partial charge in [0.05, 0.1) is 6.54 Å². The van der Waals surface area contributed by atoms with Crippen LogP contribution in [0.3, 0.4) is 0 Å². The zero-order valence-electron chi connectivity index (χ0n) is 10.6. The summed E-state index contributed by atoms with van der Waals surface area (Å²) in [6, 6.07) is 8.66. The van der Waals surface area contributed by atoms with E-state index in [4.69, 9.17) is 5.73 Å². The van der Waals surface area contributed by atoms with Crippen molar-refractivity contribution in [2.75, 3.05) is 5.73 Å². The van der Waals surface area contributed by atoms with Gasteiger partial charge in [0, 0.05) is 37.2 Å². The molecule has 2 heterocycles. The number of hydrogen-bond donors (Lipinski definition) is 1. The summed E-state index contributed by atoms with van der Waals surface area (Å²) in [6.45, 7) is 5.17. The molecule has 3 rings (SSSR count). The minimum absolute atomic E-state index is 0.471. The average molecular weight is 242 g/mol. The van der Waals surface area contributed by atoms with E-state index in [1.54, 1.807) is 0 Å². The van der Waals surface area contributed by atoms with Gasteiger partial charge in [0.1, 0.15) is 0 Å². The van der Waals surface area contributed by atoms with E-state index < -0.39 is 0 Å². The summed E-state index contributed by atoms with van der Waals surface area (Å²) in [6.07, 6.45) is 3.84. The first-order valence-corrected chi connectivity index (χ1v) is 6.31. The number of benzene rings is 1. The normalized spacial score (nSPS) is 16.7. The molecular formula is C14H18N4. The molecule has 4 nitrogen and oxygen atoms in total. The van der Waals surface area contributed by atoms with Gasteiger partial charge in [-0.3, -0.25) is 9.58 Å². The third kappa shape index (κ3) is 2.11. The van der Waals surface area contributed by atoms with Crippen LogP contribution in [0.2, 0.25) is 0 Å². The van der Waals surface area contributed by atoms with Crippen LogP contribution in [-0.2, 0) is 19.6 Å². The third-order valence-corrected chi connectivity index (χ3v) is 3.61. The van der Waals surface area contributed by atoms with Gasteiger partial charge in [0.15, 0.2) is 0 Å². The van der Waals surface area contributed by atoms with Crippen molar-refractivity contribution < 1.29 is 0 Å². The lowest BCUT2D eigenvalue weighted by Gasteiger charge is -2.23. The molecule has 0 saturated carbocycles. The lowest BCUT2D eigenvalue weighted by atomic mass is 10.1. The van der Waals surface area contributed by atoms with Crippen LogP contribution in [0.5, 0.6) is 0 Å². The van der Waals surface area contributed by atoms with Gasteiger partial charge in [-0.2, -0.15) is 5.10 Å². The summed E-state index contributed by atoms with van der Waals surface area (Å²) >= 11 is 0. The summed E-state index contributed by atoms with van der Waals surface area (Å²) in [5, 5.41) is 4.26. The molecule has 1 aromatic heterocycles. The molecule has 1 aromatic carbocycles. The van der Waals surface area contributed by atoms with E-state index in [2.05, 4.69) is 29.1 Å². The average Bonchev–Trinajstić information content (AvgIpc) is 2.96. The Balaban J connectivity index is 1.69. The standard InChI is InChI=1S/C14H18N4/c1-11(8-18-6-2-5-16-18)17-9-12-3-4-14(15)7-13(12)10-17/h2-7,11H,8-10,15H2,1H3. The molecule has 18 heavy (non-hydrogen) atoms. The summed E-state index contributed by atoms with van der Waals surface area (Å²) in [7, 11) is 0. The van der Waals surface area contributed by atoms with Gasteiger partial charge in [-0.15, -0.1) is 0 Å². The Bertz CT molecular complexity index is 533. The van der Waals surface area contributed by atoms with Crippen molar-refractivity contribution in [3.63, 3.8) is 0 Å². The van der Waals surface area contributed by atoms with E-state index in [1.165, 1.54) is 11.1 Å². The second-order valence-electron chi connectivity index (χ2n) is 5.01. The van der Waals surface area contributed by atoms with Crippen molar-refractivity contribution in [3.8, 4) is 0 Å². The second-order valence-corrected chi connectivity index (χ2v) is 5.01. The van der Waals surface area contributed by atoms with Crippen LogP contribution in [0.15, 0.2) is 36.7 Å². The molecule has 94 valence electrons. The third-order valence-electron chi connectivity index (χ3n) is 3.61. The lowest BCUT2D eigenvalue weighted by molar-refractivity contribution is 0.189. The van der Waals surface area contributed by atoms with Crippen LogP contribution in [-0.4, -0.2) is 20.7 Å². The fourth-order valence-corrected chi connectivity index (χ4v) is 2.55. The van der Waals surface area contributed by atoms with Gasteiger partial charge in [-0.25, -0.2) is 0 Å². The van der Waals surface area contributed by atoms with E-state index >= 15 is 0 Å². The molecular weight excluding hydrogens is 224 g/mol. The largest absolute Gasteiger partial charge is 0.399 e. The molecule has 0 aliphatic carbocycles. The highest BCUT2D eigenvalue weighted by molar-refractivity contribution is 5.46. The molecule has 2 aromatic rings. The van der Waals surface area contributed by atoms with Gasteiger partial charge in [-0.1, -0.05) is 6.07 Å².